The van der Waals surface area contributed by atoms with Gasteiger partial charge in [0.2, 0.25) is 5.91 Å². The molecule has 1 heterocycles. The Morgan fingerprint density at radius 1 is 1.56 bits per heavy atom. The van der Waals surface area contributed by atoms with E-state index < -0.39 is 5.82 Å². The van der Waals surface area contributed by atoms with Gasteiger partial charge in [-0.15, -0.1) is 12.4 Å². The van der Waals surface area contributed by atoms with Crippen molar-refractivity contribution < 1.29 is 9.18 Å². The van der Waals surface area contributed by atoms with E-state index in [9.17, 15) is 9.18 Å². The van der Waals surface area contributed by atoms with E-state index in [2.05, 4.69) is 26.6 Å². The maximum Gasteiger partial charge on any atom is 0.227 e. The molecule has 18 heavy (non-hydrogen) atoms. The van der Waals surface area contributed by atoms with Crippen molar-refractivity contribution in [1.29, 1.82) is 0 Å². The Morgan fingerprint density at radius 3 is 2.78 bits per heavy atom. The van der Waals surface area contributed by atoms with Crippen LogP contribution in [-0.2, 0) is 4.79 Å². The summed E-state index contributed by atoms with van der Waals surface area (Å²) in [7, 11) is 0. The van der Waals surface area contributed by atoms with Crippen molar-refractivity contribution >= 4 is 39.9 Å². The minimum Gasteiger partial charge on any atom is -0.323 e. The average Bonchev–Trinajstić information content (AvgIpc) is 2.21. The maximum atomic E-state index is 13.4. The van der Waals surface area contributed by atoms with Crippen molar-refractivity contribution in [3.05, 3.63) is 28.5 Å². The lowest BCUT2D eigenvalue weighted by Crippen LogP contribution is -2.48. The fourth-order valence-electron chi connectivity index (χ4n) is 1.72. The number of anilines is 1. The molecule has 1 aromatic carbocycles. The summed E-state index contributed by atoms with van der Waals surface area (Å²) >= 11 is 3.25. The highest BCUT2D eigenvalue weighted by Gasteiger charge is 2.28. The molecule has 0 bridgehead atoms. The van der Waals surface area contributed by atoms with Gasteiger partial charge in [0.1, 0.15) is 5.82 Å². The molecule has 2 rings (SSSR count). The van der Waals surface area contributed by atoms with E-state index in [1.807, 2.05) is 6.92 Å². The number of carbonyl (C=O) groups excluding carboxylic acids is 1. The number of carbonyl (C=O) groups is 1. The Bertz CT molecular complexity index is 440. The third kappa shape index (κ3) is 3.43. The first-order chi connectivity index (χ1) is 8.08. The molecule has 1 aromatic rings. The maximum absolute atomic E-state index is 13.4. The highest BCUT2D eigenvalue weighted by molar-refractivity contribution is 9.10. The lowest BCUT2D eigenvalue weighted by Gasteiger charge is -2.31. The molecule has 1 unspecified atom stereocenters. The zero-order valence-electron chi connectivity index (χ0n) is 9.87. The summed E-state index contributed by atoms with van der Waals surface area (Å²) in [6.45, 7) is 3.59. The van der Waals surface area contributed by atoms with Crippen LogP contribution in [-0.4, -0.2) is 19.0 Å². The standard InChI is InChI=1S/C12H14BrFN2O.ClH/c1-7(8-5-15-6-8)12(17)16-11-4-9(13)2-3-10(11)14;/h2-4,7-8,15H,5-6H2,1H3,(H,16,17);1H. The Kier molecular flexibility index (Phi) is 5.56. The van der Waals surface area contributed by atoms with E-state index in [-0.39, 0.29) is 29.9 Å². The van der Waals surface area contributed by atoms with E-state index in [4.69, 9.17) is 0 Å². The number of nitrogens with one attached hydrogen (secondary N) is 2. The predicted molar refractivity (Wildman–Crippen MR) is 75.5 cm³/mol. The molecule has 0 saturated carbocycles. The smallest absolute Gasteiger partial charge is 0.227 e. The summed E-state index contributed by atoms with van der Waals surface area (Å²) in [4.78, 5) is 11.9. The quantitative estimate of drug-likeness (QED) is 0.890. The van der Waals surface area contributed by atoms with Crippen LogP contribution in [0.3, 0.4) is 0 Å². The third-order valence-electron chi connectivity index (χ3n) is 3.12. The number of amides is 1. The van der Waals surface area contributed by atoms with Gasteiger partial charge in [-0.05, 0) is 37.2 Å². The van der Waals surface area contributed by atoms with Gasteiger partial charge in [0.05, 0.1) is 5.69 Å². The second-order valence-electron chi connectivity index (χ2n) is 4.32. The first-order valence-electron chi connectivity index (χ1n) is 5.54. The molecular formula is C12H15BrClFN2O. The largest absolute Gasteiger partial charge is 0.323 e. The van der Waals surface area contributed by atoms with Crippen molar-refractivity contribution in [2.75, 3.05) is 18.4 Å². The van der Waals surface area contributed by atoms with Crippen molar-refractivity contribution in [1.82, 2.24) is 5.32 Å². The van der Waals surface area contributed by atoms with Gasteiger partial charge in [0, 0.05) is 10.4 Å². The summed E-state index contributed by atoms with van der Waals surface area (Å²) in [6, 6.07) is 4.50. The summed E-state index contributed by atoms with van der Waals surface area (Å²) in [5.74, 6) is -0.297. The molecular weight excluding hydrogens is 322 g/mol. The number of hydrogen-bond acceptors (Lipinski definition) is 2. The summed E-state index contributed by atoms with van der Waals surface area (Å²) in [6.07, 6.45) is 0. The summed E-state index contributed by atoms with van der Waals surface area (Å²) < 4.78 is 14.2. The lowest BCUT2D eigenvalue weighted by atomic mass is 9.88. The number of halogens is 3. The van der Waals surface area contributed by atoms with Gasteiger partial charge in [-0.2, -0.15) is 0 Å². The lowest BCUT2D eigenvalue weighted by molar-refractivity contribution is -0.121. The molecule has 1 fully saturated rings. The highest BCUT2D eigenvalue weighted by Crippen LogP contribution is 2.22. The topological polar surface area (TPSA) is 41.1 Å². The van der Waals surface area contributed by atoms with Crippen molar-refractivity contribution in [2.24, 2.45) is 11.8 Å². The van der Waals surface area contributed by atoms with Crippen LogP contribution in [0.5, 0.6) is 0 Å². The molecule has 0 spiro atoms. The summed E-state index contributed by atoms with van der Waals surface area (Å²) in [5, 5.41) is 5.75. The highest BCUT2D eigenvalue weighted by atomic mass is 79.9. The minimum absolute atomic E-state index is 0. The van der Waals surface area contributed by atoms with Gasteiger partial charge >= 0.3 is 0 Å². The van der Waals surface area contributed by atoms with Crippen LogP contribution < -0.4 is 10.6 Å². The number of rotatable bonds is 3. The molecule has 1 saturated heterocycles. The fourth-order valence-corrected chi connectivity index (χ4v) is 2.08. The molecule has 3 nitrogen and oxygen atoms in total. The van der Waals surface area contributed by atoms with Crippen molar-refractivity contribution in [3.63, 3.8) is 0 Å². The van der Waals surface area contributed by atoms with Crippen LogP contribution in [0.4, 0.5) is 10.1 Å². The van der Waals surface area contributed by atoms with E-state index in [0.717, 1.165) is 17.6 Å². The van der Waals surface area contributed by atoms with Gasteiger partial charge in [-0.25, -0.2) is 4.39 Å². The second-order valence-corrected chi connectivity index (χ2v) is 5.24. The van der Waals surface area contributed by atoms with E-state index >= 15 is 0 Å². The van der Waals surface area contributed by atoms with Crippen LogP contribution in [0.15, 0.2) is 22.7 Å². The fraction of sp³-hybridized carbons (Fsp3) is 0.417. The molecule has 2 N–H and O–H groups in total. The molecule has 1 aliphatic heterocycles. The van der Waals surface area contributed by atoms with Gasteiger partial charge < -0.3 is 10.6 Å². The molecule has 0 aliphatic carbocycles. The van der Waals surface area contributed by atoms with Crippen LogP contribution in [0.25, 0.3) is 0 Å². The van der Waals surface area contributed by atoms with Gasteiger partial charge in [0.15, 0.2) is 0 Å². The first-order valence-corrected chi connectivity index (χ1v) is 6.34. The molecule has 0 radical (unpaired) electrons. The Labute approximate surface area is 120 Å². The molecule has 1 amide bonds. The van der Waals surface area contributed by atoms with E-state index in [0.29, 0.717) is 5.92 Å². The SMILES string of the molecule is CC(C(=O)Nc1cc(Br)ccc1F)C1CNC1.Cl. The van der Waals surface area contributed by atoms with E-state index in [1.54, 1.807) is 12.1 Å². The minimum atomic E-state index is -0.416. The molecule has 6 heteroatoms. The average molecular weight is 338 g/mol. The molecule has 1 aliphatic rings. The Morgan fingerprint density at radius 2 is 2.22 bits per heavy atom. The summed E-state index contributed by atoms with van der Waals surface area (Å²) in [5.41, 5.74) is 0.225. The zero-order chi connectivity index (χ0) is 12.4. The van der Waals surface area contributed by atoms with Crippen LogP contribution >= 0.6 is 28.3 Å². The van der Waals surface area contributed by atoms with E-state index in [1.165, 1.54) is 6.07 Å². The van der Waals surface area contributed by atoms with Gasteiger partial charge in [0.25, 0.3) is 0 Å². The Balaban J connectivity index is 0.00000162. The molecule has 1 atom stereocenters. The third-order valence-corrected chi connectivity index (χ3v) is 3.61. The van der Waals surface area contributed by atoms with Crippen molar-refractivity contribution in [3.8, 4) is 0 Å². The second kappa shape index (κ2) is 6.50. The number of benzene rings is 1. The van der Waals surface area contributed by atoms with Crippen molar-refractivity contribution in [2.45, 2.75) is 6.92 Å². The predicted octanol–water partition coefficient (Wildman–Crippen LogP) is 2.80. The molecule has 0 aromatic heterocycles. The van der Waals surface area contributed by atoms with Gasteiger partial charge in [-0.1, -0.05) is 22.9 Å². The molecule has 100 valence electrons. The zero-order valence-corrected chi connectivity index (χ0v) is 12.3. The van der Waals surface area contributed by atoms with Crippen LogP contribution in [0.1, 0.15) is 6.92 Å². The monoisotopic (exact) mass is 336 g/mol. The van der Waals surface area contributed by atoms with Gasteiger partial charge in [-0.3, -0.25) is 4.79 Å². The number of hydrogen-bond donors (Lipinski definition) is 2. The van der Waals surface area contributed by atoms with Crippen LogP contribution in [0.2, 0.25) is 0 Å². The normalized spacial score (nSPS) is 16.4. The van der Waals surface area contributed by atoms with Crippen LogP contribution in [0, 0.1) is 17.7 Å². The first kappa shape index (κ1) is 15.4. The Hall–Kier alpha value is -0.650.